The maximum atomic E-state index is 13.2. The SMILES string of the molecule is CO[C@H]1CC[C@@]2(Cc3ccc(-c4cncc(C(F)(F)F)c4)cc3[C@@]23COC(N)=N3)C[C@@H]1C. The van der Waals surface area contributed by atoms with Crippen molar-refractivity contribution in [2.45, 2.75) is 50.4 Å². The summed E-state index contributed by atoms with van der Waals surface area (Å²) < 4.78 is 51.1. The topological polar surface area (TPSA) is 69.7 Å². The minimum atomic E-state index is -4.45. The molecule has 0 radical (unpaired) electrons. The van der Waals surface area contributed by atoms with Gasteiger partial charge in [-0.2, -0.15) is 13.2 Å². The highest BCUT2D eigenvalue weighted by Gasteiger charge is 2.62. The van der Waals surface area contributed by atoms with Gasteiger partial charge in [-0.1, -0.05) is 19.1 Å². The fourth-order valence-corrected chi connectivity index (χ4v) is 6.12. The molecule has 0 saturated heterocycles. The summed E-state index contributed by atoms with van der Waals surface area (Å²) in [5.74, 6) is 0.351. The second kappa shape index (κ2) is 7.20. The number of hydrogen-bond acceptors (Lipinski definition) is 5. The Balaban J connectivity index is 1.60. The van der Waals surface area contributed by atoms with E-state index in [1.807, 2.05) is 18.2 Å². The molecule has 4 atom stereocenters. The number of alkyl halides is 3. The zero-order chi connectivity index (χ0) is 22.7. The fraction of sp³-hybridized carbons (Fsp3) is 0.500. The van der Waals surface area contributed by atoms with E-state index in [9.17, 15) is 13.2 Å². The molecular formula is C24H26F3N3O2. The number of methoxy groups -OCH3 is 1. The average Bonchev–Trinajstić information content (AvgIpc) is 3.27. The van der Waals surface area contributed by atoms with Crippen LogP contribution in [-0.2, 0) is 27.6 Å². The van der Waals surface area contributed by atoms with Gasteiger partial charge in [0.25, 0.3) is 6.02 Å². The number of nitrogens with two attached hydrogens (primary N) is 1. The summed E-state index contributed by atoms with van der Waals surface area (Å²) >= 11 is 0. The van der Waals surface area contributed by atoms with Crippen LogP contribution < -0.4 is 5.73 Å². The molecule has 1 aromatic carbocycles. The molecule has 3 aliphatic rings. The van der Waals surface area contributed by atoms with Gasteiger partial charge in [0.1, 0.15) is 12.1 Å². The van der Waals surface area contributed by atoms with Crippen molar-refractivity contribution in [2.75, 3.05) is 13.7 Å². The lowest BCUT2D eigenvalue weighted by atomic mass is 9.59. The number of benzene rings is 1. The van der Waals surface area contributed by atoms with Crippen molar-refractivity contribution in [1.82, 2.24) is 4.98 Å². The monoisotopic (exact) mass is 445 g/mol. The lowest BCUT2D eigenvalue weighted by Crippen LogP contribution is -2.48. The van der Waals surface area contributed by atoms with E-state index in [4.69, 9.17) is 20.2 Å². The number of ether oxygens (including phenoxy) is 2. The molecule has 1 saturated carbocycles. The van der Waals surface area contributed by atoms with Crippen molar-refractivity contribution in [1.29, 1.82) is 0 Å². The lowest BCUT2D eigenvalue weighted by Gasteiger charge is -2.47. The molecule has 1 fully saturated rings. The second-order valence-corrected chi connectivity index (χ2v) is 9.38. The molecule has 32 heavy (non-hydrogen) atoms. The molecule has 2 N–H and O–H groups in total. The summed E-state index contributed by atoms with van der Waals surface area (Å²) in [6, 6.07) is 7.15. The number of fused-ring (bicyclic) bond motifs is 3. The summed E-state index contributed by atoms with van der Waals surface area (Å²) in [5, 5.41) is 0. The number of aliphatic imine (C=N–C) groups is 1. The molecule has 8 heteroatoms. The predicted octanol–water partition coefficient (Wildman–Crippen LogP) is 4.69. The molecule has 1 aromatic heterocycles. The number of amidine groups is 1. The van der Waals surface area contributed by atoms with Crippen LogP contribution >= 0.6 is 0 Å². The molecule has 5 nitrogen and oxygen atoms in total. The van der Waals surface area contributed by atoms with Crippen molar-refractivity contribution < 1.29 is 22.6 Å². The van der Waals surface area contributed by atoms with Crippen molar-refractivity contribution in [3.05, 3.63) is 53.3 Å². The van der Waals surface area contributed by atoms with Crippen LogP contribution in [0.25, 0.3) is 11.1 Å². The summed E-state index contributed by atoms with van der Waals surface area (Å²) in [4.78, 5) is 8.68. The summed E-state index contributed by atoms with van der Waals surface area (Å²) in [7, 11) is 1.75. The van der Waals surface area contributed by atoms with Gasteiger partial charge < -0.3 is 15.2 Å². The van der Waals surface area contributed by atoms with E-state index in [1.165, 1.54) is 6.20 Å². The fourth-order valence-electron chi connectivity index (χ4n) is 6.12. The van der Waals surface area contributed by atoms with Crippen molar-refractivity contribution >= 4 is 6.02 Å². The van der Waals surface area contributed by atoms with Gasteiger partial charge >= 0.3 is 6.18 Å². The third-order valence-corrected chi connectivity index (χ3v) is 7.65. The van der Waals surface area contributed by atoms with Gasteiger partial charge in [0.15, 0.2) is 0 Å². The number of halogens is 3. The van der Waals surface area contributed by atoms with Gasteiger partial charge in [0, 0.05) is 30.5 Å². The van der Waals surface area contributed by atoms with Gasteiger partial charge in [0.2, 0.25) is 0 Å². The highest BCUT2D eigenvalue weighted by molar-refractivity contribution is 5.76. The minimum Gasteiger partial charge on any atom is -0.462 e. The van der Waals surface area contributed by atoms with Gasteiger partial charge in [-0.15, -0.1) is 0 Å². The largest absolute Gasteiger partial charge is 0.462 e. The molecule has 2 aliphatic carbocycles. The Labute approximate surface area is 184 Å². The first-order valence-corrected chi connectivity index (χ1v) is 10.8. The smallest absolute Gasteiger partial charge is 0.417 e. The molecule has 0 unspecified atom stereocenters. The van der Waals surface area contributed by atoms with Crippen molar-refractivity contribution in [3.8, 4) is 11.1 Å². The minimum absolute atomic E-state index is 0.157. The first-order valence-electron chi connectivity index (χ1n) is 10.8. The summed E-state index contributed by atoms with van der Waals surface area (Å²) in [6.07, 6.45) is 1.67. The van der Waals surface area contributed by atoms with Crippen LogP contribution in [0.1, 0.15) is 42.9 Å². The third-order valence-electron chi connectivity index (χ3n) is 7.65. The molecule has 2 heterocycles. The van der Waals surface area contributed by atoms with E-state index in [2.05, 4.69) is 11.9 Å². The second-order valence-electron chi connectivity index (χ2n) is 9.38. The first-order chi connectivity index (χ1) is 15.2. The number of rotatable bonds is 2. The lowest BCUT2D eigenvalue weighted by molar-refractivity contribution is -0.137. The standard InChI is InChI=1S/C24H26F3N3O2/c1-14-9-22(6-5-20(14)31-2)10-16-4-3-15(8-19(16)23(22)13-32-21(28)30-23)17-7-18(12-29-11-17)24(25,26)27/h3-4,7-8,11-12,14,20H,5-6,9-10,13H2,1-2H3,(H2,28,30)/t14-,20-,22-,23-/m0/s1. The molecule has 5 rings (SSSR count). The van der Waals surface area contributed by atoms with Crippen LogP contribution in [0.3, 0.4) is 0 Å². The molecule has 2 aromatic rings. The average molecular weight is 445 g/mol. The number of aromatic nitrogens is 1. The molecule has 170 valence electrons. The maximum absolute atomic E-state index is 13.2. The Hall–Kier alpha value is -2.61. The Morgan fingerprint density at radius 3 is 2.66 bits per heavy atom. The third kappa shape index (κ3) is 3.10. The molecule has 1 aliphatic heterocycles. The van der Waals surface area contributed by atoms with E-state index in [0.717, 1.165) is 49.1 Å². The maximum Gasteiger partial charge on any atom is 0.417 e. The van der Waals surface area contributed by atoms with Gasteiger partial charge in [-0.25, -0.2) is 4.99 Å². The zero-order valence-corrected chi connectivity index (χ0v) is 18.1. The van der Waals surface area contributed by atoms with Crippen LogP contribution in [0.5, 0.6) is 0 Å². The van der Waals surface area contributed by atoms with E-state index in [-0.39, 0.29) is 17.5 Å². The highest BCUT2D eigenvalue weighted by atomic mass is 19.4. The van der Waals surface area contributed by atoms with Gasteiger partial charge in [-0.3, -0.25) is 4.98 Å². The number of hydrogen-bond donors (Lipinski definition) is 1. The molecule has 2 spiro atoms. The molecular weight excluding hydrogens is 419 g/mol. The zero-order valence-electron chi connectivity index (χ0n) is 18.1. The summed E-state index contributed by atoms with van der Waals surface area (Å²) in [6.45, 7) is 2.55. The quantitative estimate of drug-likeness (QED) is 0.729. The van der Waals surface area contributed by atoms with Crippen molar-refractivity contribution in [3.63, 3.8) is 0 Å². The Kier molecular flexibility index (Phi) is 4.78. The Bertz CT molecular complexity index is 1090. The van der Waals surface area contributed by atoms with Crippen LogP contribution in [0, 0.1) is 11.3 Å². The predicted molar refractivity (Wildman–Crippen MR) is 114 cm³/mol. The normalized spacial score (nSPS) is 31.6. The summed E-state index contributed by atoms with van der Waals surface area (Å²) in [5.41, 5.74) is 7.70. The Morgan fingerprint density at radius 1 is 1.19 bits per heavy atom. The van der Waals surface area contributed by atoms with E-state index in [1.54, 1.807) is 7.11 Å². The number of pyridine rings is 1. The Morgan fingerprint density at radius 2 is 2.00 bits per heavy atom. The van der Waals surface area contributed by atoms with Gasteiger partial charge in [-0.05, 0) is 60.4 Å². The molecule has 0 amide bonds. The van der Waals surface area contributed by atoms with E-state index < -0.39 is 17.3 Å². The van der Waals surface area contributed by atoms with Crippen LogP contribution in [0.2, 0.25) is 0 Å². The van der Waals surface area contributed by atoms with E-state index in [0.29, 0.717) is 23.7 Å². The van der Waals surface area contributed by atoms with Crippen LogP contribution in [0.15, 0.2) is 41.7 Å². The first kappa shape index (κ1) is 21.2. The number of nitrogens with zero attached hydrogens (tertiary/aromatic N) is 2. The van der Waals surface area contributed by atoms with Crippen LogP contribution in [0.4, 0.5) is 13.2 Å². The van der Waals surface area contributed by atoms with E-state index >= 15 is 0 Å². The van der Waals surface area contributed by atoms with Crippen LogP contribution in [-0.4, -0.2) is 30.8 Å². The van der Waals surface area contributed by atoms with Gasteiger partial charge in [0.05, 0.1) is 11.7 Å². The van der Waals surface area contributed by atoms with Crippen molar-refractivity contribution in [2.24, 2.45) is 22.1 Å². The molecule has 0 bridgehead atoms. The highest BCUT2D eigenvalue weighted by Crippen LogP contribution is 2.62.